The second-order valence-corrected chi connectivity index (χ2v) is 11.5. The van der Waals surface area contributed by atoms with Crippen LogP contribution in [0.2, 0.25) is 0 Å². The fourth-order valence-electron chi connectivity index (χ4n) is 3.08. The lowest BCUT2D eigenvalue weighted by molar-refractivity contribution is -0.120. The number of amides is 1. The lowest BCUT2D eigenvalue weighted by Gasteiger charge is -2.21. The predicted octanol–water partition coefficient (Wildman–Crippen LogP) is 4.21. The summed E-state index contributed by atoms with van der Waals surface area (Å²) in [4.78, 5) is 26.0. The molecule has 1 saturated carbocycles. The van der Waals surface area contributed by atoms with Crippen molar-refractivity contribution in [2.45, 2.75) is 50.7 Å². The van der Waals surface area contributed by atoms with Gasteiger partial charge in [0.05, 0.1) is 41.1 Å². The minimum absolute atomic E-state index is 0.253. The molecule has 0 saturated heterocycles. The topological polar surface area (TPSA) is 123 Å². The Balaban J connectivity index is 1.42. The van der Waals surface area contributed by atoms with Crippen LogP contribution in [-0.4, -0.2) is 41.1 Å². The number of nitrogens with one attached hydrogen (secondary N) is 2. The number of hydrogen-bond acceptors (Lipinski definition) is 8. The van der Waals surface area contributed by atoms with Gasteiger partial charge in [0.15, 0.2) is 5.13 Å². The highest BCUT2D eigenvalue weighted by atomic mass is 32.2. The molecule has 2 N–H and O–H groups in total. The average molecular weight is 502 g/mol. The Morgan fingerprint density at radius 2 is 1.91 bits per heavy atom. The van der Waals surface area contributed by atoms with Crippen molar-refractivity contribution in [2.24, 2.45) is 0 Å². The molecule has 2 aromatic heterocycles. The number of rotatable bonds is 10. The van der Waals surface area contributed by atoms with Gasteiger partial charge >= 0.3 is 0 Å². The maximum atomic E-state index is 13.0. The number of carbonyl (C=O) groups excluding carboxylic acids is 1. The molecule has 0 unspecified atom stereocenters. The van der Waals surface area contributed by atoms with Gasteiger partial charge in [0.2, 0.25) is 21.8 Å². The Morgan fingerprint density at radius 3 is 2.59 bits per heavy atom. The SMILES string of the molecule is CCCOc1cncc(-c2ccc(NC(=O)C(C)(C)c3csc(NS(=O)(=O)C4CC4)n3)cc2)n1. The molecule has 1 fully saturated rings. The fraction of sp³-hybridized carbons (Fsp3) is 0.391. The first-order chi connectivity index (χ1) is 16.2. The van der Waals surface area contributed by atoms with Crippen molar-refractivity contribution in [3.8, 4) is 17.1 Å². The van der Waals surface area contributed by atoms with Crippen LogP contribution in [0.4, 0.5) is 10.8 Å². The Morgan fingerprint density at radius 1 is 1.18 bits per heavy atom. The number of carbonyl (C=O) groups is 1. The van der Waals surface area contributed by atoms with Crippen LogP contribution in [0.3, 0.4) is 0 Å². The first-order valence-corrected chi connectivity index (χ1v) is 13.5. The van der Waals surface area contributed by atoms with E-state index in [9.17, 15) is 13.2 Å². The molecular formula is C23H27N5O4S2. The average Bonchev–Trinajstić information content (AvgIpc) is 3.58. The van der Waals surface area contributed by atoms with Crippen molar-refractivity contribution >= 4 is 38.1 Å². The minimum Gasteiger partial charge on any atom is -0.477 e. The van der Waals surface area contributed by atoms with E-state index in [-0.39, 0.29) is 16.3 Å². The number of nitrogens with zero attached hydrogens (tertiary/aromatic N) is 3. The van der Waals surface area contributed by atoms with Gasteiger partial charge in [-0.15, -0.1) is 11.3 Å². The van der Waals surface area contributed by atoms with Gasteiger partial charge in [0.1, 0.15) is 0 Å². The van der Waals surface area contributed by atoms with E-state index in [4.69, 9.17) is 4.74 Å². The summed E-state index contributed by atoms with van der Waals surface area (Å²) in [6.45, 7) is 6.10. The molecule has 1 aliphatic rings. The molecule has 9 nitrogen and oxygen atoms in total. The third kappa shape index (κ3) is 5.53. The third-order valence-electron chi connectivity index (χ3n) is 5.41. The van der Waals surface area contributed by atoms with Crippen molar-refractivity contribution in [3.63, 3.8) is 0 Å². The summed E-state index contributed by atoms with van der Waals surface area (Å²) < 4.78 is 32.4. The summed E-state index contributed by atoms with van der Waals surface area (Å²) in [5, 5.41) is 4.56. The number of benzene rings is 1. The number of ether oxygens (including phenoxy) is 1. The van der Waals surface area contributed by atoms with Crippen LogP contribution < -0.4 is 14.8 Å². The molecule has 0 aliphatic heterocycles. The summed E-state index contributed by atoms with van der Waals surface area (Å²) in [7, 11) is -3.40. The van der Waals surface area contributed by atoms with E-state index in [0.29, 0.717) is 42.4 Å². The molecule has 180 valence electrons. The lowest BCUT2D eigenvalue weighted by Crippen LogP contribution is -2.35. The number of anilines is 2. The zero-order chi connectivity index (χ0) is 24.3. The van der Waals surface area contributed by atoms with E-state index in [2.05, 4.69) is 25.0 Å². The number of sulfonamides is 1. The molecular weight excluding hydrogens is 474 g/mol. The smallest absolute Gasteiger partial charge is 0.237 e. The quantitative estimate of drug-likeness (QED) is 0.426. The summed E-state index contributed by atoms with van der Waals surface area (Å²) in [5.74, 6) is 0.220. The number of hydrogen-bond donors (Lipinski definition) is 2. The summed E-state index contributed by atoms with van der Waals surface area (Å²) in [6.07, 6.45) is 5.47. The Bertz CT molecular complexity index is 1270. The second-order valence-electron chi connectivity index (χ2n) is 8.63. The molecule has 0 atom stereocenters. The van der Waals surface area contributed by atoms with E-state index >= 15 is 0 Å². The van der Waals surface area contributed by atoms with Crippen LogP contribution in [0.5, 0.6) is 5.88 Å². The summed E-state index contributed by atoms with van der Waals surface area (Å²) >= 11 is 1.17. The van der Waals surface area contributed by atoms with Gasteiger partial charge in [-0.25, -0.2) is 18.4 Å². The fourth-order valence-corrected chi connectivity index (χ4v) is 5.56. The van der Waals surface area contributed by atoms with Crippen molar-refractivity contribution < 1.29 is 17.9 Å². The molecule has 0 bridgehead atoms. The van der Waals surface area contributed by atoms with Crippen LogP contribution in [0.1, 0.15) is 45.7 Å². The zero-order valence-electron chi connectivity index (χ0n) is 19.2. The molecule has 2 heterocycles. The number of aromatic nitrogens is 3. The van der Waals surface area contributed by atoms with Crippen LogP contribution >= 0.6 is 11.3 Å². The molecule has 0 radical (unpaired) electrons. The van der Waals surface area contributed by atoms with Gasteiger partial charge in [-0.05, 0) is 45.2 Å². The lowest BCUT2D eigenvalue weighted by atomic mass is 9.89. The van der Waals surface area contributed by atoms with E-state index in [1.54, 1.807) is 43.8 Å². The zero-order valence-corrected chi connectivity index (χ0v) is 20.9. The Labute approximate surface area is 203 Å². The van der Waals surface area contributed by atoms with Crippen molar-refractivity contribution in [1.29, 1.82) is 0 Å². The van der Waals surface area contributed by atoms with Gasteiger partial charge < -0.3 is 10.1 Å². The van der Waals surface area contributed by atoms with Gasteiger partial charge in [0.25, 0.3) is 0 Å². The molecule has 0 spiro atoms. The molecule has 1 aromatic carbocycles. The van der Waals surface area contributed by atoms with E-state index < -0.39 is 15.4 Å². The highest BCUT2D eigenvalue weighted by Gasteiger charge is 2.37. The maximum absolute atomic E-state index is 13.0. The Kier molecular flexibility index (Phi) is 6.85. The van der Waals surface area contributed by atoms with Gasteiger partial charge in [-0.1, -0.05) is 19.1 Å². The van der Waals surface area contributed by atoms with Gasteiger partial charge in [-0.2, -0.15) is 0 Å². The highest BCUT2D eigenvalue weighted by molar-refractivity contribution is 7.93. The van der Waals surface area contributed by atoms with E-state index in [1.165, 1.54) is 11.3 Å². The third-order valence-corrected chi connectivity index (χ3v) is 8.12. The molecule has 1 amide bonds. The largest absolute Gasteiger partial charge is 0.477 e. The van der Waals surface area contributed by atoms with Gasteiger partial charge in [-0.3, -0.25) is 14.5 Å². The summed E-state index contributed by atoms with van der Waals surface area (Å²) in [6, 6.07) is 7.29. The van der Waals surface area contributed by atoms with Crippen LogP contribution in [-0.2, 0) is 20.2 Å². The standard InChI is InChI=1S/C23H27N5O4S2/c1-4-11-32-20-13-24-12-18(26-20)15-5-7-16(8-6-15)25-21(29)23(2,3)19-14-33-22(27-19)28-34(30,31)17-9-10-17/h5-8,12-14,17H,4,9-11H2,1-3H3,(H,25,29)(H,27,28). The maximum Gasteiger partial charge on any atom is 0.237 e. The van der Waals surface area contributed by atoms with E-state index in [1.807, 2.05) is 19.1 Å². The van der Waals surface area contributed by atoms with Crippen molar-refractivity contribution in [1.82, 2.24) is 15.0 Å². The molecule has 1 aliphatic carbocycles. The highest BCUT2D eigenvalue weighted by Crippen LogP contribution is 2.33. The molecule has 34 heavy (non-hydrogen) atoms. The van der Waals surface area contributed by atoms with Crippen LogP contribution in [0.25, 0.3) is 11.3 Å². The number of thiazole rings is 1. The van der Waals surface area contributed by atoms with Crippen molar-refractivity contribution in [2.75, 3.05) is 16.6 Å². The summed E-state index contributed by atoms with van der Waals surface area (Å²) in [5.41, 5.74) is 1.68. The minimum atomic E-state index is -3.40. The second kappa shape index (κ2) is 9.67. The normalized spacial score (nSPS) is 14.0. The van der Waals surface area contributed by atoms with Crippen LogP contribution in [0.15, 0.2) is 42.0 Å². The van der Waals surface area contributed by atoms with E-state index in [0.717, 1.165) is 12.0 Å². The molecule has 3 aromatic rings. The van der Waals surface area contributed by atoms with Crippen molar-refractivity contribution in [3.05, 3.63) is 47.7 Å². The first kappa shape index (κ1) is 24.1. The molecule has 4 rings (SSSR count). The molecule has 11 heteroatoms. The Hall–Kier alpha value is -3.05. The van der Waals surface area contributed by atoms with Crippen LogP contribution in [0, 0.1) is 0 Å². The monoisotopic (exact) mass is 501 g/mol. The predicted molar refractivity (Wildman–Crippen MR) is 133 cm³/mol. The van der Waals surface area contributed by atoms with Gasteiger partial charge in [0, 0.05) is 16.6 Å². The first-order valence-electron chi connectivity index (χ1n) is 11.0.